The molecule has 0 aliphatic heterocycles. The number of carbonyl (C=O) groups is 2. The monoisotopic (exact) mass is 378 g/mol. The molecule has 7 heteroatoms. The number of anilines is 1. The number of fused-ring (bicyclic) bond motifs is 3. The van der Waals surface area contributed by atoms with Gasteiger partial charge in [-0.25, -0.2) is 9.78 Å². The van der Waals surface area contributed by atoms with Crippen molar-refractivity contribution in [3.8, 4) is 0 Å². The van der Waals surface area contributed by atoms with E-state index in [1.54, 1.807) is 6.92 Å². The second-order valence-corrected chi connectivity index (χ2v) is 6.97. The molecule has 2 aromatic rings. The molecule has 2 aromatic heterocycles. The van der Waals surface area contributed by atoms with Crippen molar-refractivity contribution in [1.82, 2.24) is 4.98 Å². The van der Waals surface area contributed by atoms with Gasteiger partial charge in [-0.05, 0) is 49.7 Å². The molecule has 1 aliphatic rings. The van der Waals surface area contributed by atoms with E-state index in [-0.39, 0.29) is 24.2 Å². The highest BCUT2D eigenvalue weighted by Gasteiger charge is 2.29. The number of furan rings is 1. The fraction of sp³-hybridized carbons (Fsp3) is 0.526. The van der Waals surface area contributed by atoms with Crippen molar-refractivity contribution in [2.45, 2.75) is 52.4 Å². The number of carbonyl (C=O) groups excluding carboxylic acids is 2. The maximum atomic E-state index is 12.4. The van der Waals surface area contributed by atoms with Crippen molar-refractivity contribution in [1.29, 1.82) is 0 Å². The van der Waals surface area contributed by atoms with Gasteiger partial charge in [0.25, 0.3) is 0 Å². The van der Waals surface area contributed by atoms with Gasteiger partial charge in [0, 0.05) is 0 Å². The number of pyridine rings is 1. The minimum Gasteiger partial charge on any atom is -0.460 e. The van der Waals surface area contributed by atoms with Crippen LogP contribution in [0.3, 0.4) is 0 Å². The molecule has 0 unspecified atom stereocenters. The third kappa shape index (κ3) is 3.30. The maximum Gasteiger partial charge on any atom is 0.376 e. The number of alkyl halides is 1. The Kier molecular flexibility index (Phi) is 5.51. The first kappa shape index (κ1) is 18.7. The molecule has 0 fully saturated rings. The van der Waals surface area contributed by atoms with Crippen LogP contribution in [-0.2, 0) is 22.4 Å². The first-order valence-electron chi connectivity index (χ1n) is 8.98. The molecule has 0 radical (unpaired) electrons. The lowest BCUT2D eigenvalue weighted by Gasteiger charge is -2.21. The zero-order chi connectivity index (χ0) is 18.8. The van der Waals surface area contributed by atoms with Crippen LogP contribution in [0.2, 0.25) is 0 Å². The summed E-state index contributed by atoms with van der Waals surface area (Å²) in [6.07, 6.45) is 3.95. The Morgan fingerprint density at radius 2 is 1.96 bits per heavy atom. The van der Waals surface area contributed by atoms with Crippen molar-refractivity contribution in [3.63, 3.8) is 0 Å². The Balaban J connectivity index is 2.29. The summed E-state index contributed by atoms with van der Waals surface area (Å²) >= 11 is 5.65. The summed E-state index contributed by atoms with van der Waals surface area (Å²) in [5.41, 5.74) is 3.99. The molecule has 0 saturated heterocycles. The van der Waals surface area contributed by atoms with Gasteiger partial charge >= 0.3 is 5.97 Å². The standard InChI is InChI=1S/C19H23ClN2O4/c1-4-25-19(24)17-16(21-13(23)9-20)14-11-7-5-6-8-12(11)15(10(2)3)22-18(14)26-17/h10H,4-9H2,1-3H3,(H,21,23). The number of halogens is 1. The van der Waals surface area contributed by atoms with Crippen LogP contribution >= 0.6 is 11.6 Å². The number of esters is 1. The van der Waals surface area contributed by atoms with Gasteiger partial charge in [0.2, 0.25) is 17.4 Å². The molecule has 0 saturated carbocycles. The number of ether oxygens (including phenoxy) is 1. The van der Waals surface area contributed by atoms with Crippen LogP contribution in [0.4, 0.5) is 5.69 Å². The molecule has 2 heterocycles. The third-order valence-corrected chi connectivity index (χ3v) is 4.83. The molecular formula is C19H23ClN2O4. The van der Waals surface area contributed by atoms with E-state index in [9.17, 15) is 9.59 Å². The number of aromatic nitrogens is 1. The number of hydrogen-bond acceptors (Lipinski definition) is 5. The second kappa shape index (κ2) is 7.66. The summed E-state index contributed by atoms with van der Waals surface area (Å²) < 4.78 is 10.9. The molecule has 140 valence electrons. The number of aryl methyl sites for hydroxylation is 1. The van der Waals surface area contributed by atoms with Crippen LogP contribution in [0.15, 0.2) is 4.42 Å². The van der Waals surface area contributed by atoms with Gasteiger partial charge in [0.05, 0.1) is 17.7 Å². The van der Waals surface area contributed by atoms with Crippen LogP contribution < -0.4 is 5.32 Å². The highest BCUT2D eigenvalue weighted by atomic mass is 35.5. The quantitative estimate of drug-likeness (QED) is 0.623. The van der Waals surface area contributed by atoms with Gasteiger partial charge < -0.3 is 14.5 Å². The van der Waals surface area contributed by atoms with Crippen LogP contribution in [-0.4, -0.2) is 29.3 Å². The summed E-state index contributed by atoms with van der Waals surface area (Å²) in [6, 6.07) is 0. The fourth-order valence-corrected chi connectivity index (χ4v) is 3.60. The molecule has 26 heavy (non-hydrogen) atoms. The zero-order valence-electron chi connectivity index (χ0n) is 15.3. The van der Waals surface area contributed by atoms with E-state index in [0.717, 1.165) is 36.9 Å². The minimum absolute atomic E-state index is 0.0264. The van der Waals surface area contributed by atoms with Crippen LogP contribution in [0, 0.1) is 0 Å². The van der Waals surface area contributed by atoms with Crippen molar-refractivity contribution in [2.24, 2.45) is 0 Å². The van der Waals surface area contributed by atoms with Gasteiger partial charge in [0.15, 0.2) is 0 Å². The van der Waals surface area contributed by atoms with Gasteiger partial charge in [0.1, 0.15) is 11.6 Å². The molecule has 6 nitrogen and oxygen atoms in total. The third-order valence-electron chi connectivity index (χ3n) is 4.58. The molecule has 1 amide bonds. The highest BCUT2D eigenvalue weighted by molar-refractivity contribution is 6.29. The molecule has 3 rings (SSSR count). The number of nitrogens with zero attached hydrogens (tertiary/aromatic N) is 1. The largest absolute Gasteiger partial charge is 0.460 e. The Labute approximate surface area is 157 Å². The van der Waals surface area contributed by atoms with Crippen LogP contribution in [0.5, 0.6) is 0 Å². The van der Waals surface area contributed by atoms with E-state index in [2.05, 4.69) is 24.1 Å². The van der Waals surface area contributed by atoms with Crippen molar-refractivity contribution >= 4 is 40.3 Å². The van der Waals surface area contributed by atoms with Crippen molar-refractivity contribution in [3.05, 3.63) is 22.6 Å². The molecule has 1 N–H and O–H groups in total. The average molecular weight is 379 g/mol. The normalized spacial score (nSPS) is 13.7. The molecule has 0 aromatic carbocycles. The van der Waals surface area contributed by atoms with Crippen molar-refractivity contribution in [2.75, 3.05) is 17.8 Å². The lowest BCUT2D eigenvalue weighted by atomic mass is 9.86. The Morgan fingerprint density at radius 1 is 1.27 bits per heavy atom. The Morgan fingerprint density at radius 3 is 2.58 bits per heavy atom. The average Bonchev–Trinajstić information content (AvgIpc) is 2.99. The molecule has 0 spiro atoms. The number of hydrogen-bond donors (Lipinski definition) is 1. The lowest BCUT2D eigenvalue weighted by Crippen LogP contribution is -2.16. The maximum absolute atomic E-state index is 12.4. The van der Waals surface area contributed by atoms with Gasteiger partial charge in [-0.2, -0.15) is 0 Å². The highest BCUT2D eigenvalue weighted by Crippen LogP contribution is 2.40. The summed E-state index contributed by atoms with van der Waals surface area (Å²) in [5, 5.41) is 3.42. The SMILES string of the molecule is CCOC(=O)c1oc2nc(C(C)C)c3c(c2c1NC(=O)CCl)CCCC3. The topological polar surface area (TPSA) is 81.4 Å². The Bertz CT molecular complexity index is 857. The van der Waals surface area contributed by atoms with E-state index in [4.69, 9.17) is 20.8 Å². The van der Waals surface area contributed by atoms with E-state index in [0.29, 0.717) is 16.8 Å². The van der Waals surface area contributed by atoms with Gasteiger partial charge in [-0.3, -0.25) is 4.79 Å². The fourth-order valence-electron chi connectivity index (χ4n) is 3.53. The molecule has 0 atom stereocenters. The second-order valence-electron chi connectivity index (χ2n) is 6.70. The van der Waals surface area contributed by atoms with E-state index in [1.165, 1.54) is 5.56 Å². The van der Waals surface area contributed by atoms with Crippen LogP contribution in [0.25, 0.3) is 11.1 Å². The van der Waals surface area contributed by atoms with Gasteiger partial charge in [-0.1, -0.05) is 13.8 Å². The van der Waals surface area contributed by atoms with Gasteiger partial charge in [-0.15, -0.1) is 11.6 Å². The predicted octanol–water partition coefficient (Wildman–Crippen LogP) is 4.18. The number of nitrogens with one attached hydrogen (secondary N) is 1. The summed E-state index contributed by atoms with van der Waals surface area (Å²) in [7, 11) is 0. The zero-order valence-corrected chi connectivity index (χ0v) is 16.0. The lowest BCUT2D eigenvalue weighted by molar-refractivity contribution is -0.113. The number of amides is 1. The smallest absolute Gasteiger partial charge is 0.376 e. The molecule has 1 aliphatic carbocycles. The Hall–Kier alpha value is -2.08. The van der Waals surface area contributed by atoms with Crippen molar-refractivity contribution < 1.29 is 18.7 Å². The first-order chi connectivity index (χ1) is 12.5. The predicted molar refractivity (Wildman–Crippen MR) is 100 cm³/mol. The van der Waals surface area contributed by atoms with Crippen LogP contribution in [0.1, 0.15) is 66.9 Å². The van der Waals surface area contributed by atoms with E-state index >= 15 is 0 Å². The molecular weight excluding hydrogens is 356 g/mol. The first-order valence-corrected chi connectivity index (χ1v) is 9.52. The van der Waals surface area contributed by atoms with E-state index in [1.807, 2.05) is 0 Å². The molecule has 0 bridgehead atoms. The van der Waals surface area contributed by atoms with E-state index < -0.39 is 11.9 Å². The summed E-state index contributed by atoms with van der Waals surface area (Å²) in [4.78, 5) is 29.0. The minimum atomic E-state index is -0.619. The summed E-state index contributed by atoms with van der Waals surface area (Å²) in [6.45, 7) is 6.11. The number of rotatable bonds is 5. The summed E-state index contributed by atoms with van der Waals surface area (Å²) in [5.74, 6) is -1.03.